The van der Waals surface area contributed by atoms with Crippen molar-refractivity contribution in [2.75, 3.05) is 37.4 Å². The molecule has 0 aliphatic carbocycles. The molecule has 0 fully saturated rings. The Morgan fingerprint density at radius 3 is 2.55 bits per heavy atom. The van der Waals surface area contributed by atoms with Gasteiger partial charge in [-0.25, -0.2) is 13.2 Å². The van der Waals surface area contributed by atoms with Crippen LogP contribution in [-0.4, -0.2) is 73.6 Å². The molecule has 4 rings (SSSR count). The van der Waals surface area contributed by atoms with Crippen LogP contribution in [0.2, 0.25) is 0 Å². The number of carbonyl (C=O) groups is 2. The average molecular weight is 587 g/mol. The number of hydrogen-bond acceptors (Lipinski definition) is 7. The lowest BCUT2D eigenvalue weighted by molar-refractivity contribution is -0.134. The van der Waals surface area contributed by atoms with Crippen molar-refractivity contribution in [1.82, 2.24) is 9.21 Å². The first kappa shape index (κ1) is 29.5. The molecule has 0 saturated carbocycles. The number of aliphatic hydroxyl groups excluding tert-OH is 1. The third-order valence-electron chi connectivity index (χ3n) is 6.80. The average Bonchev–Trinajstić information content (AvgIpc) is 3.49. The molecule has 2 aromatic carbocycles. The Balaban J connectivity index is 1.61. The lowest BCUT2D eigenvalue weighted by Crippen LogP contribution is -2.48. The van der Waals surface area contributed by atoms with Gasteiger partial charge in [0.25, 0.3) is 10.0 Å². The molecule has 0 bridgehead atoms. The van der Waals surface area contributed by atoms with Crippen LogP contribution in [-0.2, 0) is 21.2 Å². The van der Waals surface area contributed by atoms with Gasteiger partial charge in [-0.3, -0.25) is 4.79 Å². The molecule has 3 aromatic rings. The topological polar surface area (TPSA) is 128 Å². The monoisotopic (exact) mass is 586 g/mol. The van der Waals surface area contributed by atoms with Crippen LogP contribution < -0.4 is 15.4 Å². The van der Waals surface area contributed by atoms with Crippen molar-refractivity contribution in [3.63, 3.8) is 0 Å². The van der Waals surface area contributed by atoms with Crippen molar-refractivity contribution in [1.29, 1.82) is 0 Å². The number of rotatable bonds is 8. The maximum absolute atomic E-state index is 13.4. The lowest BCUT2D eigenvalue weighted by atomic mass is 10.0. The van der Waals surface area contributed by atoms with Gasteiger partial charge in [-0.05, 0) is 48.7 Å². The molecular formula is C28H34N4O6S2. The molecule has 3 atom stereocenters. The van der Waals surface area contributed by atoms with Gasteiger partial charge in [-0.2, -0.15) is 4.31 Å². The molecule has 1 aromatic heterocycles. The summed E-state index contributed by atoms with van der Waals surface area (Å²) < 4.78 is 34.2. The van der Waals surface area contributed by atoms with Gasteiger partial charge in [-0.15, -0.1) is 11.3 Å². The minimum absolute atomic E-state index is 0.0156. The molecule has 40 heavy (non-hydrogen) atoms. The molecule has 0 radical (unpaired) electrons. The summed E-state index contributed by atoms with van der Waals surface area (Å²) in [5.41, 5.74) is 1.64. The molecule has 3 amide bonds. The number of likely N-dealkylation sites (N-methyl/N-ethyl adjacent to an activating group) is 1. The van der Waals surface area contributed by atoms with E-state index in [-0.39, 0.29) is 42.2 Å². The SMILES string of the molecule is C[C@@H]1CN([C@@H](C)CO)C(=O)Cc2cc(NC(=O)Nc3ccccc3)ccc2O[C@H]1CN(C)S(=O)(=O)c1cccs1. The van der Waals surface area contributed by atoms with E-state index in [1.54, 1.807) is 59.7 Å². The van der Waals surface area contributed by atoms with Gasteiger partial charge in [0.1, 0.15) is 16.1 Å². The number of nitrogens with one attached hydrogen (secondary N) is 2. The first-order chi connectivity index (χ1) is 19.1. The van der Waals surface area contributed by atoms with Crippen LogP contribution in [0.4, 0.5) is 16.2 Å². The summed E-state index contributed by atoms with van der Waals surface area (Å²) in [7, 11) is -2.21. The van der Waals surface area contributed by atoms with E-state index >= 15 is 0 Å². The summed E-state index contributed by atoms with van der Waals surface area (Å²) in [6, 6.07) is 16.4. The highest BCUT2D eigenvalue weighted by atomic mass is 32.2. The van der Waals surface area contributed by atoms with Gasteiger partial charge in [0, 0.05) is 36.4 Å². The first-order valence-electron chi connectivity index (χ1n) is 12.9. The summed E-state index contributed by atoms with van der Waals surface area (Å²) in [5, 5.41) is 17.1. The van der Waals surface area contributed by atoms with E-state index in [0.717, 1.165) is 11.3 Å². The fourth-order valence-electron chi connectivity index (χ4n) is 4.46. The minimum atomic E-state index is -3.72. The minimum Gasteiger partial charge on any atom is -0.488 e. The third-order valence-corrected chi connectivity index (χ3v) is 10.00. The third kappa shape index (κ3) is 7.00. The van der Waals surface area contributed by atoms with Crippen molar-refractivity contribution >= 4 is 44.7 Å². The van der Waals surface area contributed by atoms with Crippen LogP contribution in [0.25, 0.3) is 0 Å². The highest BCUT2D eigenvalue weighted by Crippen LogP contribution is 2.30. The van der Waals surface area contributed by atoms with E-state index < -0.39 is 28.2 Å². The zero-order valence-electron chi connectivity index (χ0n) is 22.6. The molecule has 214 valence electrons. The van der Waals surface area contributed by atoms with Crippen molar-refractivity contribution in [2.45, 2.75) is 36.6 Å². The number of thiophene rings is 1. The number of nitrogens with zero attached hydrogens (tertiary/aromatic N) is 2. The molecule has 0 spiro atoms. The number of carbonyl (C=O) groups excluding carboxylic acids is 2. The Hall–Kier alpha value is -3.45. The standard InChI is InChI=1S/C28H34N4O6S2/c1-19-16-32(20(2)18-33)26(34)15-21-14-23(30-28(35)29-22-8-5-4-6-9-22)11-12-24(21)38-25(19)17-31(3)40(36,37)27-10-7-13-39-27/h4-14,19-20,25,33H,15-18H2,1-3H3,(H2,29,30,35)/t19-,20+,25+/m1/s1. The normalized spacial score (nSPS) is 18.6. The summed E-state index contributed by atoms with van der Waals surface area (Å²) >= 11 is 1.14. The van der Waals surface area contributed by atoms with Crippen LogP contribution in [0, 0.1) is 5.92 Å². The zero-order chi connectivity index (χ0) is 28.9. The Morgan fingerprint density at radius 2 is 1.88 bits per heavy atom. The van der Waals surface area contributed by atoms with Crippen molar-refractivity contribution in [3.05, 3.63) is 71.6 Å². The van der Waals surface area contributed by atoms with Crippen LogP contribution in [0.3, 0.4) is 0 Å². The number of benzene rings is 2. The smallest absolute Gasteiger partial charge is 0.323 e. The number of urea groups is 1. The Morgan fingerprint density at radius 1 is 1.15 bits per heavy atom. The van der Waals surface area contributed by atoms with Gasteiger partial charge in [0.2, 0.25) is 5.91 Å². The Kier molecular flexibility index (Phi) is 9.46. The summed E-state index contributed by atoms with van der Waals surface area (Å²) in [4.78, 5) is 27.6. The van der Waals surface area contributed by atoms with E-state index in [1.165, 1.54) is 11.4 Å². The molecule has 12 heteroatoms. The van der Waals surface area contributed by atoms with E-state index in [2.05, 4.69) is 10.6 Å². The van der Waals surface area contributed by atoms with E-state index in [0.29, 0.717) is 22.7 Å². The number of sulfonamides is 1. The van der Waals surface area contributed by atoms with Crippen LogP contribution in [0.15, 0.2) is 70.3 Å². The van der Waals surface area contributed by atoms with Gasteiger partial charge in [0.05, 0.1) is 25.6 Å². The molecule has 1 aliphatic heterocycles. The molecule has 0 saturated heterocycles. The summed E-state index contributed by atoms with van der Waals surface area (Å²) in [6.07, 6.45) is -0.615. The predicted molar refractivity (Wildman–Crippen MR) is 155 cm³/mol. The highest BCUT2D eigenvalue weighted by Gasteiger charge is 2.33. The van der Waals surface area contributed by atoms with Crippen molar-refractivity contribution in [3.8, 4) is 5.75 Å². The number of ether oxygens (including phenoxy) is 1. The van der Waals surface area contributed by atoms with E-state index in [4.69, 9.17) is 4.74 Å². The number of fused-ring (bicyclic) bond motifs is 1. The fraction of sp³-hybridized carbons (Fsp3) is 0.357. The van der Waals surface area contributed by atoms with Gasteiger partial charge in [0.15, 0.2) is 0 Å². The molecule has 1 aliphatic rings. The van der Waals surface area contributed by atoms with E-state index in [9.17, 15) is 23.1 Å². The quantitative estimate of drug-likeness (QED) is 0.368. The first-order valence-corrected chi connectivity index (χ1v) is 15.2. The predicted octanol–water partition coefficient (Wildman–Crippen LogP) is 3.86. The molecule has 3 N–H and O–H groups in total. The number of anilines is 2. The second-order valence-electron chi connectivity index (χ2n) is 9.87. The van der Waals surface area contributed by atoms with Crippen LogP contribution in [0.5, 0.6) is 5.75 Å². The van der Waals surface area contributed by atoms with Gasteiger partial charge >= 0.3 is 6.03 Å². The van der Waals surface area contributed by atoms with Crippen molar-refractivity contribution in [2.24, 2.45) is 5.92 Å². The number of para-hydroxylation sites is 1. The number of aliphatic hydroxyl groups is 1. The maximum Gasteiger partial charge on any atom is 0.323 e. The van der Waals surface area contributed by atoms with Crippen LogP contribution in [0.1, 0.15) is 19.4 Å². The largest absolute Gasteiger partial charge is 0.488 e. The Labute approximate surface area is 238 Å². The fourth-order valence-corrected chi connectivity index (χ4v) is 6.84. The molecule has 0 unspecified atom stereocenters. The molecular weight excluding hydrogens is 552 g/mol. The van der Waals surface area contributed by atoms with Crippen LogP contribution >= 0.6 is 11.3 Å². The Bertz CT molecular complexity index is 1420. The summed E-state index contributed by atoms with van der Waals surface area (Å²) in [6.45, 7) is 3.77. The second kappa shape index (κ2) is 12.8. The maximum atomic E-state index is 13.4. The number of amides is 3. The summed E-state index contributed by atoms with van der Waals surface area (Å²) in [5.74, 6) is -0.0386. The van der Waals surface area contributed by atoms with Gasteiger partial charge < -0.3 is 25.4 Å². The molecule has 2 heterocycles. The molecule has 10 nitrogen and oxygen atoms in total. The zero-order valence-corrected chi connectivity index (χ0v) is 24.2. The second-order valence-corrected chi connectivity index (χ2v) is 13.1. The van der Waals surface area contributed by atoms with Crippen molar-refractivity contribution < 1.29 is 27.9 Å². The number of hydrogen-bond donors (Lipinski definition) is 3. The highest BCUT2D eigenvalue weighted by molar-refractivity contribution is 7.91. The van der Waals surface area contributed by atoms with E-state index in [1.807, 2.05) is 25.1 Å². The lowest BCUT2D eigenvalue weighted by Gasteiger charge is -2.33. The van der Waals surface area contributed by atoms with Gasteiger partial charge in [-0.1, -0.05) is 31.2 Å².